The number of allylic oxidation sites excluding steroid dienone is 1. The fourth-order valence-corrected chi connectivity index (χ4v) is 3.83. The third-order valence-electron chi connectivity index (χ3n) is 5.89. The fraction of sp³-hybridized carbons (Fsp3) is 0.550. The number of amides is 1. The lowest BCUT2D eigenvalue weighted by molar-refractivity contribution is -0.179. The molecule has 10 heteroatoms. The number of aromatic nitrogens is 2. The molecule has 1 saturated carbocycles. The van der Waals surface area contributed by atoms with Crippen molar-refractivity contribution in [3.8, 4) is 0 Å². The van der Waals surface area contributed by atoms with Crippen molar-refractivity contribution in [1.29, 1.82) is 0 Å². The average Bonchev–Trinajstić information content (AvgIpc) is 3.36. The van der Waals surface area contributed by atoms with Crippen molar-refractivity contribution in [2.45, 2.75) is 31.8 Å². The highest BCUT2D eigenvalue weighted by Gasteiger charge is 2.51. The van der Waals surface area contributed by atoms with Crippen molar-refractivity contribution in [1.82, 2.24) is 24.9 Å². The smallest absolute Gasteiger partial charge is 0.410 e. The van der Waals surface area contributed by atoms with Crippen molar-refractivity contribution >= 4 is 17.6 Å². The molecule has 1 aromatic rings. The van der Waals surface area contributed by atoms with Crippen LogP contribution in [-0.2, 0) is 11.8 Å². The van der Waals surface area contributed by atoms with Gasteiger partial charge in [0.2, 0.25) is 0 Å². The van der Waals surface area contributed by atoms with Gasteiger partial charge in [0.05, 0.1) is 11.9 Å². The maximum atomic E-state index is 13.4. The molecule has 1 aliphatic carbocycles. The van der Waals surface area contributed by atoms with Gasteiger partial charge in [-0.1, -0.05) is 0 Å². The lowest BCUT2D eigenvalue weighted by atomic mass is 9.91. The molecule has 1 N–H and O–H groups in total. The molecular weight excluding hydrogens is 394 g/mol. The van der Waals surface area contributed by atoms with Crippen LogP contribution in [0.2, 0.25) is 0 Å². The van der Waals surface area contributed by atoms with Crippen molar-refractivity contribution in [3.05, 3.63) is 35.3 Å². The van der Waals surface area contributed by atoms with Crippen LogP contribution in [0.5, 0.6) is 0 Å². The van der Waals surface area contributed by atoms with E-state index in [0.29, 0.717) is 26.2 Å². The minimum Gasteiger partial charge on any atom is -0.440 e. The molecule has 162 valence electrons. The number of halogens is 2. The Morgan fingerprint density at radius 3 is 2.53 bits per heavy atom. The highest BCUT2D eigenvalue weighted by molar-refractivity contribution is 6.11. The fourth-order valence-electron chi connectivity index (χ4n) is 3.83. The first-order chi connectivity index (χ1) is 14.3. The Hall–Kier alpha value is -2.91. The van der Waals surface area contributed by atoms with E-state index >= 15 is 0 Å². The number of aliphatic imine (C=N–C) groups is 1. The third-order valence-corrected chi connectivity index (χ3v) is 5.89. The summed E-state index contributed by atoms with van der Waals surface area (Å²) in [7, 11) is 3.60. The number of carbonyl (C=O) groups excluding carboxylic acids is 1. The Kier molecular flexibility index (Phi) is 5.25. The van der Waals surface area contributed by atoms with Gasteiger partial charge < -0.3 is 19.9 Å². The lowest BCUT2D eigenvalue weighted by Crippen LogP contribution is -2.52. The van der Waals surface area contributed by atoms with Gasteiger partial charge in [-0.3, -0.25) is 9.67 Å². The van der Waals surface area contributed by atoms with Gasteiger partial charge in [-0.15, -0.1) is 0 Å². The molecule has 1 aromatic heterocycles. The van der Waals surface area contributed by atoms with Crippen LogP contribution >= 0.6 is 0 Å². The van der Waals surface area contributed by atoms with Crippen molar-refractivity contribution < 1.29 is 18.3 Å². The van der Waals surface area contributed by atoms with Gasteiger partial charge >= 0.3 is 6.09 Å². The van der Waals surface area contributed by atoms with Crippen LogP contribution in [0.15, 0.2) is 34.7 Å². The third kappa shape index (κ3) is 3.78. The molecule has 2 aliphatic heterocycles. The summed E-state index contributed by atoms with van der Waals surface area (Å²) in [5.74, 6) is -2.11. The second kappa shape index (κ2) is 7.73. The summed E-state index contributed by atoms with van der Waals surface area (Å²) in [6.07, 6.45) is 3.85. The summed E-state index contributed by atoms with van der Waals surface area (Å²) in [5.41, 5.74) is 3.94. The zero-order chi connectivity index (χ0) is 21.5. The van der Waals surface area contributed by atoms with E-state index in [1.54, 1.807) is 17.9 Å². The van der Waals surface area contributed by atoms with Gasteiger partial charge in [-0.2, -0.15) is 5.10 Å². The van der Waals surface area contributed by atoms with Crippen LogP contribution in [-0.4, -0.2) is 76.8 Å². The van der Waals surface area contributed by atoms with E-state index < -0.39 is 18.1 Å². The second-order valence-electron chi connectivity index (χ2n) is 7.80. The number of carbonyl (C=O) groups is 1. The molecule has 0 bridgehead atoms. The molecule has 0 unspecified atom stereocenters. The quantitative estimate of drug-likeness (QED) is 0.812. The number of nitrogens with one attached hydrogen (secondary N) is 1. The first-order valence-electron chi connectivity index (χ1n) is 10.0. The summed E-state index contributed by atoms with van der Waals surface area (Å²) in [6.45, 7) is 4.06. The van der Waals surface area contributed by atoms with Crippen LogP contribution in [0.4, 0.5) is 13.6 Å². The molecule has 8 nitrogen and oxygen atoms in total. The Labute approximate surface area is 173 Å². The SMILES string of the molecule is C/N=C1/NC(c2cnn(C)c2)=C/C1=C(/C)N1CCN(C(=O)O[C@@H]2CCC2(F)F)CC1. The Balaban J connectivity index is 1.41. The minimum atomic E-state index is -2.89. The van der Waals surface area contributed by atoms with E-state index in [4.69, 9.17) is 4.74 Å². The van der Waals surface area contributed by atoms with E-state index in [-0.39, 0.29) is 12.8 Å². The van der Waals surface area contributed by atoms with Crippen molar-refractivity contribution in [2.75, 3.05) is 33.2 Å². The number of aryl methyl sites for hydroxylation is 1. The summed E-state index contributed by atoms with van der Waals surface area (Å²) >= 11 is 0. The Morgan fingerprint density at radius 1 is 1.30 bits per heavy atom. The average molecular weight is 420 g/mol. The molecule has 2 fully saturated rings. The largest absolute Gasteiger partial charge is 0.440 e. The number of nitrogens with zero attached hydrogens (tertiary/aromatic N) is 5. The van der Waals surface area contributed by atoms with Gasteiger partial charge in [0.25, 0.3) is 5.92 Å². The van der Waals surface area contributed by atoms with Crippen LogP contribution in [0, 0.1) is 0 Å². The highest BCUT2D eigenvalue weighted by Crippen LogP contribution is 2.40. The predicted molar refractivity (Wildman–Crippen MR) is 108 cm³/mol. The molecule has 3 aliphatic rings. The molecule has 1 saturated heterocycles. The Bertz CT molecular complexity index is 927. The second-order valence-corrected chi connectivity index (χ2v) is 7.80. The zero-order valence-electron chi connectivity index (χ0n) is 17.4. The van der Waals surface area contributed by atoms with Crippen molar-refractivity contribution in [2.24, 2.45) is 12.0 Å². The van der Waals surface area contributed by atoms with Crippen LogP contribution in [0.1, 0.15) is 25.3 Å². The van der Waals surface area contributed by atoms with Crippen LogP contribution in [0.3, 0.4) is 0 Å². The van der Waals surface area contributed by atoms with E-state index in [1.807, 2.05) is 26.2 Å². The van der Waals surface area contributed by atoms with Gasteiger partial charge in [-0.25, -0.2) is 13.6 Å². The maximum absolute atomic E-state index is 13.4. The monoisotopic (exact) mass is 420 g/mol. The summed E-state index contributed by atoms with van der Waals surface area (Å²) in [6, 6.07) is 0. The molecular formula is C20H26F2N6O2. The topological polar surface area (TPSA) is 75.0 Å². The number of hydrogen-bond acceptors (Lipinski definition) is 5. The molecule has 1 atom stereocenters. The number of ether oxygens (including phenoxy) is 1. The van der Waals surface area contributed by atoms with Gasteiger partial charge in [-0.05, 0) is 19.4 Å². The normalized spacial score (nSPS) is 26.2. The highest BCUT2D eigenvalue weighted by atomic mass is 19.3. The maximum Gasteiger partial charge on any atom is 0.410 e. The summed E-state index contributed by atoms with van der Waals surface area (Å²) in [5, 5.41) is 7.54. The molecule has 0 aromatic carbocycles. The molecule has 1 amide bonds. The van der Waals surface area contributed by atoms with E-state index in [0.717, 1.165) is 28.4 Å². The summed E-state index contributed by atoms with van der Waals surface area (Å²) in [4.78, 5) is 20.2. The first kappa shape index (κ1) is 20.4. The number of amidine groups is 1. The van der Waals surface area contributed by atoms with Crippen LogP contribution < -0.4 is 5.32 Å². The van der Waals surface area contributed by atoms with Crippen LogP contribution in [0.25, 0.3) is 5.70 Å². The van der Waals surface area contributed by atoms with Gasteiger partial charge in [0, 0.05) is 69.7 Å². The van der Waals surface area contributed by atoms with Gasteiger partial charge in [0.1, 0.15) is 5.84 Å². The lowest BCUT2D eigenvalue weighted by Gasteiger charge is -2.39. The zero-order valence-corrected chi connectivity index (χ0v) is 17.4. The predicted octanol–water partition coefficient (Wildman–Crippen LogP) is 2.22. The van der Waals surface area contributed by atoms with Gasteiger partial charge in [0.15, 0.2) is 6.10 Å². The Morgan fingerprint density at radius 2 is 2.00 bits per heavy atom. The summed E-state index contributed by atoms with van der Waals surface area (Å²) < 4.78 is 33.5. The molecule has 0 spiro atoms. The number of alkyl halides is 2. The number of hydrogen-bond donors (Lipinski definition) is 1. The molecule has 4 rings (SSSR count). The molecule has 30 heavy (non-hydrogen) atoms. The van der Waals surface area contributed by atoms with E-state index in [1.165, 1.54) is 4.90 Å². The standard InChI is InChI=1S/C20H26F2N6O2/c1-13(15-10-16(25-18(15)23-2)14-11-24-26(3)12-14)27-6-8-28(9-7-27)19(29)30-17-4-5-20(17,21)22/h10-12,17H,4-9H2,1-3H3,(H,23,25)/b15-13+/t17-/m1/s1. The molecule has 3 heterocycles. The molecule has 0 radical (unpaired) electrons. The van der Waals surface area contributed by atoms with E-state index in [9.17, 15) is 13.6 Å². The first-order valence-corrected chi connectivity index (χ1v) is 10.0. The van der Waals surface area contributed by atoms with Crippen molar-refractivity contribution in [3.63, 3.8) is 0 Å². The number of piperazine rings is 1. The minimum absolute atomic E-state index is 0.213. The van der Waals surface area contributed by atoms with E-state index in [2.05, 4.69) is 20.3 Å². The number of rotatable bonds is 3.